The number of esters is 1. The lowest BCUT2D eigenvalue weighted by Gasteiger charge is -2.15. The maximum atomic E-state index is 13.1. The normalized spacial score (nSPS) is 11.6. The van der Waals surface area contributed by atoms with Crippen molar-refractivity contribution >= 4 is 17.6 Å². The molecule has 0 aliphatic heterocycles. The largest absolute Gasteiger partial charge is 0.462 e. The van der Waals surface area contributed by atoms with Gasteiger partial charge in [-0.15, -0.1) is 0 Å². The number of nitrogens with one attached hydrogen (secondary N) is 1. The Hall–Kier alpha value is -3.81. The van der Waals surface area contributed by atoms with Crippen LogP contribution < -0.4 is 10.9 Å². The molecule has 30 heavy (non-hydrogen) atoms. The molecule has 0 spiro atoms. The third kappa shape index (κ3) is 4.78. The molecule has 0 aliphatic carbocycles. The number of rotatable bonds is 6. The number of ether oxygens (including phenoxy) is 1. The van der Waals surface area contributed by atoms with Crippen LogP contribution in [-0.4, -0.2) is 28.3 Å². The van der Waals surface area contributed by atoms with Crippen LogP contribution in [0.15, 0.2) is 65.5 Å². The first-order chi connectivity index (χ1) is 14.4. The molecule has 0 fully saturated rings. The Bertz CT molecular complexity index is 1110. The van der Waals surface area contributed by atoms with E-state index in [9.17, 15) is 18.8 Å². The molecule has 0 aliphatic rings. The van der Waals surface area contributed by atoms with Gasteiger partial charge in [0.15, 0.2) is 0 Å². The van der Waals surface area contributed by atoms with E-state index in [0.29, 0.717) is 22.5 Å². The van der Waals surface area contributed by atoms with Gasteiger partial charge in [0.25, 0.3) is 5.56 Å². The number of hydrogen-bond acceptors (Lipinski definition) is 5. The Morgan fingerprint density at radius 1 is 1.07 bits per heavy atom. The number of aromatic nitrogens is 2. The molecule has 1 N–H and O–H groups in total. The summed E-state index contributed by atoms with van der Waals surface area (Å²) in [5, 5.41) is 6.94. The number of amides is 1. The number of halogens is 1. The van der Waals surface area contributed by atoms with Crippen molar-refractivity contribution in [1.29, 1.82) is 0 Å². The fourth-order valence-corrected chi connectivity index (χ4v) is 2.74. The molecule has 3 rings (SSSR count). The molecule has 1 unspecified atom stereocenters. The van der Waals surface area contributed by atoms with E-state index in [2.05, 4.69) is 10.4 Å². The molecular weight excluding hydrogens is 389 g/mol. The molecule has 0 saturated heterocycles. The summed E-state index contributed by atoms with van der Waals surface area (Å²) in [6, 6.07) is 13.8. The van der Waals surface area contributed by atoms with Crippen molar-refractivity contribution in [1.82, 2.24) is 9.78 Å². The molecule has 2 aromatic carbocycles. The summed E-state index contributed by atoms with van der Waals surface area (Å²) >= 11 is 0. The Balaban J connectivity index is 1.77. The molecule has 0 bridgehead atoms. The van der Waals surface area contributed by atoms with Gasteiger partial charge in [-0.2, -0.15) is 5.10 Å². The van der Waals surface area contributed by atoms with Crippen LogP contribution in [0.3, 0.4) is 0 Å². The van der Waals surface area contributed by atoms with E-state index in [4.69, 9.17) is 4.74 Å². The minimum absolute atomic E-state index is 0.271. The fourth-order valence-electron chi connectivity index (χ4n) is 2.74. The minimum atomic E-state index is -0.900. The van der Waals surface area contributed by atoms with E-state index in [1.54, 1.807) is 38.1 Å². The monoisotopic (exact) mass is 409 g/mol. The molecule has 3 aromatic rings. The average molecular weight is 409 g/mol. The van der Waals surface area contributed by atoms with E-state index in [0.717, 1.165) is 4.68 Å². The van der Waals surface area contributed by atoms with Crippen LogP contribution in [0.4, 0.5) is 10.1 Å². The van der Waals surface area contributed by atoms with Crippen molar-refractivity contribution in [2.24, 2.45) is 0 Å². The third-order valence-corrected chi connectivity index (χ3v) is 4.37. The summed E-state index contributed by atoms with van der Waals surface area (Å²) in [6.45, 7) is 3.54. The van der Waals surface area contributed by atoms with Crippen LogP contribution in [0.1, 0.15) is 30.2 Å². The van der Waals surface area contributed by atoms with E-state index in [-0.39, 0.29) is 12.4 Å². The Labute approximate surface area is 172 Å². The van der Waals surface area contributed by atoms with Crippen molar-refractivity contribution in [2.45, 2.75) is 19.9 Å². The Morgan fingerprint density at radius 3 is 2.37 bits per heavy atom. The summed E-state index contributed by atoms with van der Waals surface area (Å²) in [5.41, 5.74) is 1.44. The Kier molecular flexibility index (Phi) is 6.36. The highest BCUT2D eigenvalue weighted by molar-refractivity contribution is 5.94. The molecule has 8 heteroatoms. The molecule has 1 aromatic heterocycles. The average Bonchev–Trinajstić information content (AvgIpc) is 2.75. The number of carbonyl (C=O) groups excluding carboxylic acids is 2. The van der Waals surface area contributed by atoms with Crippen LogP contribution >= 0.6 is 0 Å². The lowest BCUT2D eigenvalue weighted by Crippen LogP contribution is -2.33. The van der Waals surface area contributed by atoms with Crippen LogP contribution in [0.2, 0.25) is 0 Å². The fraction of sp³-hybridized carbons (Fsp3) is 0.182. The molecule has 1 atom stereocenters. The van der Waals surface area contributed by atoms with Gasteiger partial charge >= 0.3 is 5.97 Å². The van der Waals surface area contributed by atoms with E-state index in [1.165, 1.54) is 36.4 Å². The van der Waals surface area contributed by atoms with Crippen LogP contribution in [0, 0.1) is 5.82 Å². The standard InChI is InChI=1S/C22H20FN3O4/c1-3-30-22(29)16-6-10-18(11-7-16)24-21(28)14(2)26-20(27)13-12-19(25-26)15-4-8-17(23)9-5-15/h4-14H,3H2,1-2H3,(H,24,28). The first-order valence-electron chi connectivity index (χ1n) is 9.33. The van der Waals surface area contributed by atoms with Crippen LogP contribution in [0.5, 0.6) is 0 Å². The van der Waals surface area contributed by atoms with E-state index in [1.807, 2.05) is 0 Å². The summed E-state index contributed by atoms with van der Waals surface area (Å²) in [5.74, 6) is -1.28. The number of benzene rings is 2. The minimum Gasteiger partial charge on any atom is -0.462 e. The van der Waals surface area contributed by atoms with Crippen molar-refractivity contribution in [3.05, 3.63) is 82.4 Å². The predicted octanol–water partition coefficient (Wildman–Crippen LogP) is 3.43. The lowest BCUT2D eigenvalue weighted by molar-refractivity contribution is -0.119. The summed E-state index contributed by atoms with van der Waals surface area (Å²) in [6.07, 6.45) is 0. The van der Waals surface area contributed by atoms with E-state index >= 15 is 0 Å². The van der Waals surface area contributed by atoms with Gasteiger partial charge in [-0.3, -0.25) is 9.59 Å². The quantitative estimate of drug-likeness (QED) is 0.630. The number of nitrogens with zero attached hydrogens (tertiary/aromatic N) is 2. The molecule has 7 nitrogen and oxygen atoms in total. The molecular formula is C22H20FN3O4. The molecule has 1 heterocycles. The summed E-state index contributed by atoms with van der Waals surface area (Å²) < 4.78 is 19.1. The Morgan fingerprint density at radius 2 is 1.73 bits per heavy atom. The van der Waals surface area contributed by atoms with Crippen LogP contribution in [-0.2, 0) is 9.53 Å². The molecule has 0 radical (unpaired) electrons. The number of hydrogen-bond donors (Lipinski definition) is 1. The highest BCUT2D eigenvalue weighted by Crippen LogP contribution is 2.17. The predicted molar refractivity (Wildman–Crippen MR) is 110 cm³/mol. The maximum Gasteiger partial charge on any atom is 0.338 e. The second-order valence-electron chi connectivity index (χ2n) is 6.47. The lowest BCUT2D eigenvalue weighted by atomic mass is 10.1. The van der Waals surface area contributed by atoms with Gasteiger partial charge in [0.2, 0.25) is 5.91 Å². The topological polar surface area (TPSA) is 90.3 Å². The SMILES string of the molecule is CCOC(=O)c1ccc(NC(=O)C(C)n2nc(-c3ccc(F)cc3)ccc2=O)cc1. The van der Waals surface area contributed by atoms with Crippen LogP contribution in [0.25, 0.3) is 11.3 Å². The molecule has 1 amide bonds. The van der Waals surface area contributed by atoms with Gasteiger partial charge < -0.3 is 10.1 Å². The first kappa shape index (κ1) is 20.9. The second-order valence-corrected chi connectivity index (χ2v) is 6.47. The maximum absolute atomic E-state index is 13.1. The van der Waals surface area contributed by atoms with E-state index < -0.39 is 23.5 Å². The highest BCUT2D eigenvalue weighted by atomic mass is 19.1. The molecule has 154 valence electrons. The zero-order valence-electron chi connectivity index (χ0n) is 16.5. The molecule has 0 saturated carbocycles. The smallest absolute Gasteiger partial charge is 0.338 e. The third-order valence-electron chi connectivity index (χ3n) is 4.37. The summed E-state index contributed by atoms with van der Waals surface area (Å²) in [7, 11) is 0. The van der Waals surface area contributed by atoms with Gasteiger partial charge in [-0.05, 0) is 68.4 Å². The summed E-state index contributed by atoms with van der Waals surface area (Å²) in [4.78, 5) is 36.6. The van der Waals surface area contributed by atoms with Gasteiger partial charge in [0.05, 0.1) is 17.9 Å². The number of carbonyl (C=O) groups is 2. The van der Waals surface area contributed by atoms with Gasteiger partial charge in [-0.25, -0.2) is 13.9 Å². The van der Waals surface area contributed by atoms with Gasteiger partial charge in [0.1, 0.15) is 11.9 Å². The van der Waals surface area contributed by atoms with Crippen molar-refractivity contribution in [3.63, 3.8) is 0 Å². The zero-order valence-corrected chi connectivity index (χ0v) is 16.5. The van der Waals surface area contributed by atoms with Crippen molar-refractivity contribution in [3.8, 4) is 11.3 Å². The first-order valence-corrected chi connectivity index (χ1v) is 9.33. The van der Waals surface area contributed by atoms with Gasteiger partial charge in [0, 0.05) is 17.3 Å². The zero-order chi connectivity index (χ0) is 21.7. The van der Waals surface area contributed by atoms with Crippen molar-refractivity contribution in [2.75, 3.05) is 11.9 Å². The highest BCUT2D eigenvalue weighted by Gasteiger charge is 2.18. The second kappa shape index (κ2) is 9.13. The number of anilines is 1. The van der Waals surface area contributed by atoms with Gasteiger partial charge in [-0.1, -0.05) is 0 Å². The van der Waals surface area contributed by atoms with Crippen molar-refractivity contribution < 1.29 is 18.7 Å².